The van der Waals surface area contributed by atoms with E-state index in [1.807, 2.05) is 12.1 Å². The van der Waals surface area contributed by atoms with Gasteiger partial charge in [-0.2, -0.15) is 4.98 Å². The molecule has 0 unspecified atom stereocenters. The molecule has 10 N–H and O–H groups in total. The minimum atomic E-state index is -1.45. The molecule has 0 aliphatic rings. The van der Waals surface area contributed by atoms with E-state index in [-0.39, 0.29) is 40.7 Å². The largest absolute Gasteiger partial charge is 0.477 e. The Morgan fingerprint density at radius 2 is 1.70 bits per heavy atom. The molecular weight excluding hydrogens is 642 g/mol. The zero-order chi connectivity index (χ0) is 33.7. The van der Waals surface area contributed by atoms with Crippen LogP contribution in [0, 0.1) is 0 Å². The summed E-state index contributed by atoms with van der Waals surface area (Å²) in [7, 11) is 1.21. The molecule has 0 spiro atoms. The summed E-state index contributed by atoms with van der Waals surface area (Å²) in [5.74, 6) is -4.23. The number of nitrogens with one attached hydrogen (secondary N) is 3. The topological polar surface area (TPSA) is 297 Å². The normalized spacial score (nSPS) is 11.0. The highest BCUT2D eigenvalue weighted by atomic mass is 35.5. The summed E-state index contributed by atoms with van der Waals surface area (Å²) in [6.07, 6.45) is 0. The molecule has 0 fully saturated rings. The molecule has 0 aliphatic carbocycles. The number of carboxylic acid groups (broad SMARTS) is 1. The SMILES string of the molecule is COC(=O)c1ccc([C@@H](NC(=O)c2cc(C(=O)O)n3[nH]c(=O)nc3n2)C(N)=O)cc1.Cl.NCc1cccc(Nc2c(N)c(=O)c2=O)c1. The van der Waals surface area contributed by atoms with Crippen LogP contribution in [-0.2, 0) is 16.1 Å². The predicted molar refractivity (Wildman–Crippen MR) is 168 cm³/mol. The smallest absolute Gasteiger partial charge is 0.363 e. The highest BCUT2D eigenvalue weighted by molar-refractivity contribution is 5.98. The van der Waals surface area contributed by atoms with Crippen molar-refractivity contribution in [2.24, 2.45) is 11.5 Å². The number of aromatic nitrogens is 4. The third-order valence-electron chi connectivity index (χ3n) is 6.40. The Morgan fingerprint density at radius 1 is 1.02 bits per heavy atom. The third-order valence-corrected chi connectivity index (χ3v) is 6.40. The number of nitrogen functional groups attached to an aromatic ring is 1. The average Bonchev–Trinajstić information content (AvgIpc) is 3.44. The fourth-order valence-corrected chi connectivity index (χ4v) is 4.07. The Labute approximate surface area is 268 Å². The number of nitrogens with two attached hydrogens (primary N) is 3. The molecule has 244 valence electrons. The standard InChI is InChI=1S/C17H14N6O7.C11H11N3O2.ClH/c1-30-15(28)8-4-2-7(3-5-8)11(12(18)24)20-13(25)9-6-10(14(26)27)23-16(19-9)21-17(29)22-23;12-5-6-2-1-3-7(4-6)14-9-8(13)10(15)11(9)16;/h2-6,11H,1H3,(H2,18,24)(H,20,25)(H,22,29)(H,26,27);1-4,14H,5,12-13H2;1H/t11-;;/m1../s1. The number of carbonyl (C=O) groups is 4. The average molecular weight is 668 g/mol. The van der Waals surface area contributed by atoms with E-state index in [0.29, 0.717) is 12.2 Å². The van der Waals surface area contributed by atoms with Crippen molar-refractivity contribution in [2.75, 3.05) is 18.2 Å². The molecule has 19 heteroatoms. The number of halogens is 1. The lowest BCUT2D eigenvalue weighted by Crippen LogP contribution is -2.38. The lowest BCUT2D eigenvalue weighted by Gasteiger charge is -2.16. The van der Waals surface area contributed by atoms with Crippen LogP contribution in [-0.4, -0.2) is 55.6 Å². The molecule has 2 aromatic heterocycles. The number of hydrogen-bond donors (Lipinski definition) is 7. The van der Waals surface area contributed by atoms with Gasteiger partial charge in [0.15, 0.2) is 5.69 Å². The predicted octanol–water partition coefficient (Wildman–Crippen LogP) is -0.652. The van der Waals surface area contributed by atoms with Crippen molar-refractivity contribution < 1.29 is 29.0 Å². The van der Waals surface area contributed by atoms with Gasteiger partial charge in [-0.1, -0.05) is 24.3 Å². The summed E-state index contributed by atoms with van der Waals surface area (Å²) in [6.45, 7) is 0.414. The molecular formula is C28H26ClN9O9. The lowest BCUT2D eigenvalue weighted by molar-refractivity contribution is -0.120. The zero-order valence-corrected chi connectivity index (χ0v) is 25.0. The number of aromatic amines is 1. The Balaban J connectivity index is 0.000000298. The molecule has 5 rings (SSSR count). The van der Waals surface area contributed by atoms with Gasteiger partial charge in [0.1, 0.15) is 23.1 Å². The van der Waals surface area contributed by atoms with Gasteiger partial charge < -0.3 is 37.7 Å². The van der Waals surface area contributed by atoms with Crippen LogP contribution in [0.1, 0.15) is 48.5 Å². The van der Waals surface area contributed by atoms with Crippen molar-refractivity contribution in [2.45, 2.75) is 12.6 Å². The number of methoxy groups -OCH3 is 1. The van der Waals surface area contributed by atoms with Crippen LogP contribution in [0.25, 0.3) is 5.78 Å². The van der Waals surface area contributed by atoms with E-state index in [1.165, 1.54) is 31.4 Å². The van der Waals surface area contributed by atoms with Crippen molar-refractivity contribution in [3.63, 3.8) is 0 Å². The molecule has 2 heterocycles. The maximum Gasteiger partial charge on any atom is 0.363 e. The summed E-state index contributed by atoms with van der Waals surface area (Å²) in [4.78, 5) is 88.1. The highest BCUT2D eigenvalue weighted by Gasteiger charge is 2.24. The monoisotopic (exact) mass is 667 g/mol. The van der Waals surface area contributed by atoms with Crippen LogP contribution in [0.3, 0.4) is 0 Å². The summed E-state index contributed by atoms with van der Waals surface area (Å²) in [5, 5.41) is 16.6. The fraction of sp³-hybridized carbons (Fsp3) is 0.107. The second-order valence-electron chi connectivity index (χ2n) is 9.39. The molecule has 0 radical (unpaired) electrons. The number of ether oxygens (including phenoxy) is 1. The quantitative estimate of drug-likeness (QED) is 0.0759. The van der Waals surface area contributed by atoms with Crippen molar-refractivity contribution in [1.82, 2.24) is 24.9 Å². The van der Waals surface area contributed by atoms with E-state index in [4.69, 9.17) is 17.2 Å². The van der Waals surface area contributed by atoms with E-state index in [2.05, 4.69) is 30.4 Å². The summed E-state index contributed by atoms with van der Waals surface area (Å²) in [6, 6.07) is 12.4. The van der Waals surface area contributed by atoms with Crippen LogP contribution < -0.4 is 44.4 Å². The van der Waals surface area contributed by atoms with Crippen molar-refractivity contribution in [3.05, 3.63) is 114 Å². The number of fused-ring (bicyclic) bond motifs is 1. The maximum atomic E-state index is 12.6. The second kappa shape index (κ2) is 14.6. The molecule has 0 saturated carbocycles. The first kappa shape index (κ1) is 35.1. The third kappa shape index (κ3) is 7.64. The Morgan fingerprint density at radius 3 is 2.28 bits per heavy atom. The van der Waals surface area contributed by atoms with E-state index in [1.54, 1.807) is 12.1 Å². The Hall–Kier alpha value is -6.40. The van der Waals surface area contributed by atoms with Crippen LogP contribution in [0.2, 0.25) is 0 Å². The fourth-order valence-electron chi connectivity index (χ4n) is 4.07. The number of carbonyl (C=O) groups excluding carboxylic acids is 3. The minimum Gasteiger partial charge on any atom is -0.477 e. The van der Waals surface area contributed by atoms with Crippen LogP contribution in [0.4, 0.5) is 17.1 Å². The van der Waals surface area contributed by atoms with Gasteiger partial charge in [0.2, 0.25) is 5.91 Å². The number of nitrogens with zero attached hydrogens (tertiary/aromatic N) is 3. The number of benzene rings is 2. The molecule has 0 saturated heterocycles. The Bertz CT molecular complexity index is 2120. The van der Waals surface area contributed by atoms with Gasteiger partial charge in [-0.3, -0.25) is 19.2 Å². The second-order valence-corrected chi connectivity index (χ2v) is 9.39. The Kier molecular flexibility index (Phi) is 10.9. The minimum absolute atomic E-state index is 0. The number of amides is 2. The number of rotatable bonds is 9. The van der Waals surface area contributed by atoms with E-state index >= 15 is 0 Å². The summed E-state index contributed by atoms with van der Waals surface area (Å²) in [5.41, 5.74) is 15.6. The molecule has 47 heavy (non-hydrogen) atoms. The molecule has 0 aliphatic heterocycles. The first-order valence-electron chi connectivity index (χ1n) is 13.0. The van der Waals surface area contributed by atoms with Crippen LogP contribution in [0.15, 0.2) is 69.0 Å². The number of hydrogen-bond acceptors (Lipinski definition) is 13. The number of primary amides is 1. The van der Waals surface area contributed by atoms with Gasteiger partial charge in [0.25, 0.3) is 22.5 Å². The number of H-pyrrole nitrogens is 1. The van der Waals surface area contributed by atoms with Gasteiger partial charge in [-0.25, -0.2) is 29.0 Å². The number of carboxylic acids is 1. The summed E-state index contributed by atoms with van der Waals surface area (Å²) < 4.78 is 5.39. The molecule has 1 atom stereocenters. The van der Waals surface area contributed by atoms with Crippen molar-refractivity contribution in [1.29, 1.82) is 0 Å². The highest BCUT2D eigenvalue weighted by Crippen LogP contribution is 2.19. The maximum absolute atomic E-state index is 12.6. The first-order chi connectivity index (χ1) is 21.8. The number of esters is 1. The van der Waals surface area contributed by atoms with E-state index in [9.17, 15) is 38.7 Å². The van der Waals surface area contributed by atoms with Crippen molar-refractivity contribution in [3.8, 4) is 0 Å². The molecule has 3 aromatic carbocycles. The van der Waals surface area contributed by atoms with Gasteiger partial charge in [0.05, 0.1) is 12.7 Å². The van der Waals surface area contributed by atoms with Gasteiger partial charge in [0, 0.05) is 18.3 Å². The van der Waals surface area contributed by atoms with E-state index < -0.39 is 57.7 Å². The van der Waals surface area contributed by atoms with Crippen LogP contribution in [0.5, 0.6) is 0 Å². The summed E-state index contributed by atoms with van der Waals surface area (Å²) >= 11 is 0. The van der Waals surface area contributed by atoms with Gasteiger partial charge in [-0.15, -0.1) is 12.4 Å². The van der Waals surface area contributed by atoms with E-state index in [0.717, 1.165) is 16.1 Å². The van der Waals surface area contributed by atoms with Crippen LogP contribution >= 0.6 is 12.4 Å². The number of aromatic carboxylic acids is 1. The van der Waals surface area contributed by atoms with Gasteiger partial charge >= 0.3 is 17.6 Å². The van der Waals surface area contributed by atoms with Crippen molar-refractivity contribution >= 4 is 59.0 Å². The zero-order valence-electron chi connectivity index (χ0n) is 24.2. The lowest BCUT2D eigenvalue weighted by atomic mass is 10.0. The molecule has 5 aromatic rings. The molecule has 0 bridgehead atoms. The number of anilines is 3. The molecule has 18 nitrogen and oxygen atoms in total. The first-order valence-corrected chi connectivity index (χ1v) is 13.0. The molecule has 2 amide bonds. The van der Waals surface area contributed by atoms with Gasteiger partial charge in [-0.05, 0) is 35.4 Å².